The first-order chi connectivity index (χ1) is 62.9. The summed E-state index contributed by atoms with van der Waals surface area (Å²) in [5.41, 5.74) is -8.65. The lowest BCUT2D eigenvalue weighted by Gasteiger charge is -2.26. The predicted octanol–water partition coefficient (Wildman–Crippen LogP) is 27.9. The van der Waals surface area contributed by atoms with Crippen molar-refractivity contribution in [3.63, 3.8) is 0 Å². The average Bonchev–Trinajstić information content (AvgIpc) is 1.49. The van der Waals surface area contributed by atoms with Crippen molar-refractivity contribution in [2.45, 2.75) is 177 Å². The fraction of sp³-hybridized carbons (Fsp3) is 0.250. The number of nitrogen functional groups attached to an aromatic ring is 2. The van der Waals surface area contributed by atoms with Crippen LogP contribution in [0.5, 0.6) is 0 Å². The summed E-state index contributed by atoms with van der Waals surface area (Å²) in [5, 5.41) is 68.2. The van der Waals surface area contributed by atoms with Crippen molar-refractivity contribution in [1.29, 1.82) is 0 Å². The number of hydrogen-bond acceptors (Lipinski definition) is 30. The maximum atomic E-state index is 12.9. The van der Waals surface area contributed by atoms with Gasteiger partial charge < -0.3 is 42.1 Å². The molecule has 11 N–H and O–H groups in total. The van der Waals surface area contributed by atoms with E-state index in [0.717, 1.165) is 110 Å². The maximum Gasteiger partial charge on any atom is 0.421 e. The van der Waals surface area contributed by atoms with Crippen LogP contribution in [0.3, 0.4) is 0 Å². The fourth-order valence-electron chi connectivity index (χ4n) is 9.55. The molecule has 0 amide bonds. The Bertz CT molecular complexity index is 6350. The third-order valence-electron chi connectivity index (χ3n) is 17.7. The molecular formula is C80H72Br2Cl6F18N12O10S12. The van der Waals surface area contributed by atoms with Crippen molar-refractivity contribution < 1.29 is 127 Å². The molecule has 0 radical (unpaired) electrons. The SMILES string of the molecule is Br.C.C.CC(O)(c1ccc(S(=O)(=O)c2sc(-n3cccn3)nc2Cl)cc1)C(F)(F)F.CC(O)(c1ccc(S(=O)(=O)c2sc(Cl)nc2Cl)cc1)C(F)(F)F.CC(O)(c1ccc(S)cc1)C(F)(F)F.CC(O)(c1ccc(Sc2cnc(Cl)s2)cc1)C(F)(F)F.CC(O)(c1ccc(Sc2cnc(N)s2)cc1)C(F)(F)F.CC(O)(c1ccc(Sc2sc(Cl)nc2Cl)cc1)C(F)(F)F.Nc1ncc(Br)s1.c1cn[nH]c1. The Kier molecular flexibility index (Phi) is 45.7. The van der Waals surface area contributed by atoms with Crippen LogP contribution < -0.4 is 11.5 Å². The molecule has 0 fully saturated rings. The van der Waals surface area contributed by atoms with Crippen molar-refractivity contribution in [2.24, 2.45) is 0 Å². The number of hydrogen-bond donors (Lipinski definition) is 10. The minimum Gasteiger partial charge on any atom is -0.376 e. The van der Waals surface area contributed by atoms with Gasteiger partial charge in [-0.1, -0.05) is 261 Å². The topological polar surface area (TPSA) is 366 Å². The number of H-pyrrole nitrogens is 1. The molecule has 22 nitrogen and oxygen atoms in total. The Morgan fingerprint density at radius 1 is 0.400 bits per heavy atom. The summed E-state index contributed by atoms with van der Waals surface area (Å²) >= 11 is 52.2. The van der Waals surface area contributed by atoms with E-state index in [9.17, 15) is 127 Å². The Labute approximate surface area is 877 Å². The normalized spacial score (nSPS) is 14.4. The van der Waals surface area contributed by atoms with Gasteiger partial charge in [-0.25, -0.2) is 51.4 Å². The predicted molar refractivity (Wildman–Crippen MR) is 522 cm³/mol. The van der Waals surface area contributed by atoms with Crippen molar-refractivity contribution in [3.8, 4) is 5.13 Å². The van der Waals surface area contributed by atoms with E-state index in [4.69, 9.17) is 81.1 Å². The summed E-state index contributed by atoms with van der Waals surface area (Å²) in [5.74, 6) is 0. The van der Waals surface area contributed by atoms with Crippen LogP contribution in [0.2, 0.25) is 28.9 Å². The zero-order valence-electron chi connectivity index (χ0n) is 69.3. The molecular weight excluding hydrogens is 2390 g/mol. The molecule has 14 aromatic rings. The molecule has 0 bridgehead atoms. The van der Waals surface area contributed by atoms with Crippen molar-refractivity contribution in [1.82, 2.24) is 49.9 Å². The zero-order chi connectivity index (χ0) is 103. The second-order valence-electron chi connectivity index (χ2n) is 27.7. The number of anilines is 2. The molecule has 60 heteroatoms. The van der Waals surface area contributed by atoms with Crippen LogP contribution in [-0.4, -0.2) is 134 Å². The minimum absolute atomic E-state index is 0. The van der Waals surface area contributed by atoms with Crippen LogP contribution in [-0.2, 0) is 53.3 Å². The number of aromatic amines is 1. The number of aliphatic hydroxyl groups is 6. The van der Waals surface area contributed by atoms with E-state index in [2.05, 4.69) is 73.8 Å². The highest BCUT2D eigenvalue weighted by atomic mass is 79.9. The number of thiol groups is 1. The molecule has 0 aliphatic rings. The molecule has 0 spiro atoms. The number of thiazole rings is 6. The number of aromatic nitrogens is 10. The first-order valence-corrected chi connectivity index (χ1v) is 50.2. The Morgan fingerprint density at radius 2 is 0.721 bits per heavy atom. The number of rotatable bonds is 17. The fourth-order valence-corrected chi connectivity index (χ4v) is 23.7. The molecule has 6 unspecified atom stereocenters. The van der Waals surface area contributed by atoms with Gasteiger partial charge in [-0.3, -0.25) is 5.10 Å². The summed E-state index contributed by atoms with van der Waals surface area (Å²) in [6.07, 6.45) is -17.3. The highest BCUT2D eigenvalue weighted by Gasteiger charge is 2.56. The number of nitrogens with two attached hydrogens (primary N) is 2. The molecule has 8 aromatic heterocycles. The molecule has 6 aromatic carbocycles. The summed E-state index contributed by atoms with van der Waals surface area (Å²) < 4.78 is 283. The smallest absolute Gasteiger partial charge is 0.376 e. The maximum absolute atomic E-state index is 12.9. The monoisotopic (exact) mass is 2450 g/mol. The molecule has 14 rings (SSSR count). The highest BCUT2D eigenvalue weighted by molar-refractivity contribution is 9.11. The Morgan fingerprint density at radius 3 is 0.986 bits per heavy atom. The molecule has 0 saturated carbocycles. The summed E-state index contributed by atoms with van der Waals surface area (Å²) in [4.78, 5) is 25.0. The number of sulfone groups is 2. The van der Waals surface area contributed by atoms with Crippen molar-refractivity contribution in [2.75, 3.05) is 11.5 Å². The van der Waals surface area contributed by atoms with Gasteiger partial charge in [0, 0.05) is 44.4 Å². The summed E-state index contributed by atoms with van der Waals surface area (Å²) in [7, 11) is -8.19. The Balaban J connectivity index is 0.000000342. The first-order valence-electron chi connectivity index (χ1n) is 36.4. The standard InChI is InChI=1S/C15H11ClF3N3O3S2.C12H8Cl2F3NO3S2.C12H8Cl2F3NOS2.C12H9ClF3NOS2.C12H11F3N2OS2.C9H9F3OS.C3H3BrN2S.C3H4N2.2CH4.BrH/c1-14(23,15(17,18)19)9-3-5-10(6-4-9)27(24,25)12-11(16)21-13(26-12)22-8-2-7-20-22;1-11(19,12(15,16)17)6-2-4-7(5-3-6)23(20,21)9-8(13)18-10(14)22-9;1-11(19,12(15,16)17)6-2-4-7(5-3-6)20-9-8(13)18-10(14)21-9;1-11(18,12(14,15)16)7-2-4-8(5-3-7)19-9-6-17-10(13)20-9;1-11(18,12(13,14)15)7-2-4-8(5-3-7)19-9-6-17-10(16)20-9;1-8(13,9(10,11)12)6-2-4-7(14)5-3-6;4-2-1-6-3(5)7-2;1-2-4-5-3-1;;;/h2-8,23H,1H3;2-5,19H,1H3;2-5,19H,1H3;2-6,18H,1H3;2-6,18H,1H3,(H2,16,17);2-5,13-14H,1H3;1H,(H2,5,6);1-3H,(H,4,5);2*1H4;1H. The Hall–Kier alpha value is -6.38. The number of halogens is 26. The molecule has 0 saturated heterocycles. The van der Waals surface area contributed by atoms with E-state index in [-0.39, 0.29) is 97.4 Å². The van der Waals surface area contributed by atoms with Gasteiger partial charge in [-0.05, 0) is 176 Å². The second kappa shape index (κ2) is 50.8. The lowest BCUT2D eigenvalue weighted by Crippen LogP contribution is -2.39. The molecule has 0 aliphatic carbocycles. The molecule has 766 valence electrons. The summed E-state index contributed by atoms with van der Waals surface area (Å²) in [6, 6.07) is 32.7. The van der Waals surface area contributed by atoms with Gasteiger partial charge in [0.15, 0.2) is 81.1 Å². The van der Waals surface area contributed by atoms with Crippen LogP contribution in [0, 0.1) is 0 Å². The van der Waals surface area contributed by atoms with Crippen LogP contribution in [0.4, 0.5) is 89.3 Å². The van der Waals surface area contributed by atoms with E-state index < -0.39 is 101 Å². The number of nitrogens with zero attached hydrogens (tertiary/aromatic N) is 9. The van der Waals surface area contributed by atoms with Crippen molar-refractivity contribution >= 4 is 248 Å². The summed E-state index contributed by atoms with van der Waals surface area (Å²) in [6.45, 7) is 4.08. The molecule has 0 aliphatic heterocycles. The van der Waals surface area contributed by atoms with Gasteiger partial charge in [0.1, 0.15) is 4.21 Å². The third-order valence-corrected chi connectivity index (χ3v) is 34.1. The van der Waals surface area contributed by atoms with E-state index in [0.29, 0.717) is 58.4 Å². The lowest BCUT2D eigenvalue weighted by molar-refractivity contribution is -0.259. The van der Waals surface area contributed by atoms with Gasteiger partial charge in [-0.15, -0.1) is 29.6 Å². The van der Waals surface area contributed by atoms with E-state index in [1.54, 1.807) is 43.2 Å². The van der Waals surface area contributed by atoms with Gasteiger partial charge in [0.2, 0.25) is 24.8 Å². The van der Waals surface area contributed by atoms with Gasteiger partial charge in [-0.2, -0.15) is 89.2 Å². The van der Waals surface area contributed by atoms with Gasteiger partial charge >= 0.3 is 37.1 Å². The van der Waals surface area contributed by atoms with Gasteiger partial charge in [0.25, 0.3) is 0 Å². The molecule has 140 heavy (non-hydrogen) atoms. The average molecular weight is 2460 g/mol. The van der Waals surface area contributed by atoms with E-state index in [1.807, 2.05) is 6.07 Å². The van der Waals surface area contributed by atoms with Crippen LogP contribution in [0.25, 0.3) is 5.13 Å². The minimum atomic E-state index is -4.91. The molecule has 8 heterocycles. The van der Waals surface area contributed by atoms with Crippen molar-refractivity contribution in [3.05, 3.63) is 267 Å². The highest BCUT2D eigenvalue weighted by Crippen LogP contribution is 2.49. The number of nitrogens with one attached hydrogen (secondary N) is 1. The lowest BCUT2D eigenvalue weighted by atomic mass is 9.96. The van der Waals surface area contributed by atoms with Gasteiger partial charge in [0.05, 0.1) is 40.6 Å². The molecule has 6 atom stereocenters. The zero-order valence-corrected chi connectivity index (χ0v) is 87.1. The third kappa shape index (κ3) is 33.6. The first kappa shape index (κ1) is 126. The van der Waals surface area contributed by atoms with Crippen LogP contribution in [0.1, 0.15) is 89.8 Å². The van der Waals surface area contributed by atoms with Crippen LogP contribution >= 0.6 is 218 Å². The van der Waals surface area contributed by atoms with E-state index in [1.165, 1.54) is 189 Å². The number of benzene rings is 6. The quantitative estimate of drug-likeness (QED) is 0.0299. The van der Waals surface area contributed by atoms with E-state index >= 15 is 0 Å². The van der Waals surface area contributed by atoms with Crippen LogP contribution in [0.15, 0.2) is 255 Å². The second-order valence-corrected chi connectivity index (χ2v) is 47.0. The number of alkyl halides is 18. The largest absolute Gasteiger partial charge is 0.421 e.